The molecule has 0 saturated carbocycles. The Morgan fingerprint density at radius 2 is 2.39 bits per heavy atom. The van der Waals surface area contributed by atoms with E-state index in [-0.39, 0.29) is 10.8 Å². The molecule has 1 aliphatic heterocycles. The number of rotatable bonds is 4. The van der Waals surface area contributed by atoms with Gasteiger partial charge in [0.2, 0.25) is 10.0 Å². The maximum absolute atomic E-state index is 12.3. The molecule has 1 atom stereocenters. The van der Waals surface area contributed by atoms with Crippen LogP contribution in [0.25, 0.3) is 0 Å². The third-order valence-electron chi connectivity index (χ3n) is 3.24. The third-order valence-corrected chi connectivity index (χ3v) is 5.18. The highest BCUT2D eigenvalue weighted by Crippen LogP contribution is 2.20. The number of aromatic amines is 1. The van der Waals surface area contributed by atoms with Crippen LogP contribution < -0.4 is 0 Å². The summed E-state index contributed by atoms with van der Waals surface area (Å²) in [7, 11) is -1.83. The highest BCUT2D eigenvalue weighted by molar-refractivity contribution is 7.89. The number of hydrogen-bond acceptors (Lipinski definition) is 4. The van der Waals surface area contributed by atoms with E-state index in [4.69, 9.17) is 4.74 Å². The fraction of sp³-hybridized carbons (Fsp3) is 0.727. The van der Waals surface area contributed by atoms with E-state index >= 15 is 0 Å². The first kappa shape index (κ1) is 13.5. The third kappa shape index (κ3) is 2.73. The maximum Gasteiger partial charge on any atom is 0.246 e. The maximum atomic E-state index is 12.3. The SMILES string of the molecule is Cc1[nH]ncc1S(=O)(=O)N(C)CC1CCCOC1. The molecule has 1 aromatic rings. The second-order valence-corrected chi connectivity index (χ2v) is 6.74. The largest absolute Gasteiger partial charge is 0.381 e. The second kappa shape index (κ2) is 5.38. The molecule has 0 amide bonds. The van der Waals surface area contributed by atoms with E-state index in [1.165, 1.54) is 10.5 Å². The number of sulfonamides is 1. The number of nitrogens with zero attached hydrogens (tertiary/aromatic N) is 2. The lowest BCUT2D eigenvalue weighted by Crippen LogP contribution is -2.35. The van der Waals surface area contributed by atoms with Crippen molar-refractivity contribution in [3.63, 3.8) is 0 Å². The molecule has 2 rings (SSSR count). The molecule has 0 radical (unpaired) electrons. The van der Waals surface area contributed by atoms with E-state index in [0.717, 1.165) is 19.4 Å². The van der Waals surface area contributed by atoms with Gasteiger partial charge in [0.1, 0.15) is 4.90 Å². The van der Waals surface area contributed by atoms with Crippen LogP contribution in [0.3, 0.4) is 0 Å². The number of ether oxygens (including phenoxy) is 1. The highest BCUT2D eigenvalue weighted by Gasteiger charge is 2.27. The highest BCUT2D eigenvalue weighted by atomic mass is 32.2. The van der Waals surface area contributed by atoms with Crippen molar-refractivity contribution in [3.05, 3.63) is 11.9 Å². The van der Waals surface area contributed by atoms with E-state index in [2.05, 4.69) is 10.2 Å². The van der Waals surface area contributed by atoms with Crippen LogP contribution in [0.4, 0.5) is 0 Å². The Balaban J connectivity index is 2.08. The Morgan fingerprint density at radius 3 is 2.94 bits per heavy atom. The van der Waals surface area contributed by atoms with Crippen LogP contribution in [0.5, 0.6) is 0 Å². The van der Waals surface area contributed by atoms with Crippen molar-refractivity contribution >= 4 is 10.0 Å². The molecule has 1 aliphatic rings. The van der Waals surface area contributed by atoms with Crippen molar-refractivity contribution in [1.29, 1.82) is 0 Å². The summed E-state index contributed by atoms with van der Waals surface area (Å²) in [6, 6.07) is 0. The predicted molar refractivity (Wildman–Crippen MR) is 66.7 cm³/mol. The molecule has 0 aliphatic carbocycles. The van der Waals surface area contributed by atoms with Crippen molar-refractivity contribution in [3.8, 4) is 0 Å². The zero-order chi connectivity index (χ0) is 13.2. The van der Waals surface area contributed by atoms with Gasteiger partial charge in [-0.15, -0.1) is 0 Å². The topological polar surface area (TPSA) is 75.3 Å². The van der Waals surface area contributed by atoms with Gasteiger partial charge in [0.15, 0.2) is 0 Å². The van der Waals surface area contributed by atoms with E-state index in [9.17, 15) is 8.42 Å². The summed E-state index contributed by atoms with van der Waals surface area (Å²) in [5.74, 6) is 0.283. The summed E-state index contributed by atoms with van der Waals surface area (Å²) in [4.78, 5) is 0.252. The monoisotopic (exact) mass is 273 g/mol. The van der Waals surface area contributed by atoms with Gasteiger partial charge in [0.25, 0.3) is 0 Å². The van der Waals surface area contributed by atoms with Crippen molar-refractivity contribution in [2.75, 3.05) is 26.8 Å². The Hall–Kier alpha value is -0.920. The van der Waals surface area contributed by atoms with E-state index < -0.39 is 10.0 Å². The molecule has 0 spiro atoms. The zero-order valence-electron chi connectivity index (χ0n) is 10.7. The van der Waals surface area contributed by atoms with E-state index in [0.29, 0.717) is 18.8 Å². The van der Waals surface area contributed by atoms with Gasteiger partial charge in [0.05, 0.1) is 18.5 Å². The molecule has 2 heterocycles. The molecule has 18 heavy (non-hydrogen) atoms. The van der Waals surface area contributed by atoms with Gasteiger partial charge in [-0.25, -0.2) is 12.7 Å². The van der Waals surface area contributed by atoms with Crippen LogP contribution in [0, 0.1) is 12.8 Å². The van der Waals surface area contributed by atoms with Crippen molar-refractivity contribution in [2.45, 2.75) is 24.7 Å². The normalized spacial score (nSPS) is 21.4. The minimum atomic E-state index is -3.44. The van der Waals surface area contributed by atoms with Crippen LogP contribution in [-0.2, 0) is 14.8 Å². The van der Waals surface area contributed by atoms with Gasteiger partial charge in [0, 0.05) is 20.2 Å². The Bertz CT molecular complexity index is 491. The number of hydrogen-bond donors (Lipinski definition) is 1. The van der Waals surface area contributed by atoms with Crippen molar-refractivity contribution < 1.29 is 13.2 Å². The minimum absolute atomic E-state index is 0.252. The lowest BCUT2D eigenvalue weighted by atomic mass is 10.0. The first-order chi connectivity index (χ1) is 8.51. The standard InChI is InChI=1S/C11H19N3O3S/c1-9-11(6-12-13-9)18(15,16)14(2)7-10-4-3-5-17-8-10/h6,10H,3-5,7-8H2,1-2H3,(H,12,13). The first-order valence-corrected chi connectivity index (χ1v) is 7.50. The number of nitrogens with one attached hydrogen (secondary N) is 1. The van der Waals surface area contributed by atoms with Gasteiger partial charge in [-0.05, 0) is 25.7 Å². The number of aryl methyl sites for hydroxylation is 1. The summed E-state index contributed by atoms with van der Waals surface area (Å²) in [5, 5.41) is 6.41. The number of H-pyrrole nitrogens is 1. The molecular weight excluding hydrogens is 254 g/mol. The summed E-state index contributed by atoms with van der Waals surface area (Å²) < 4.78 is 31.4. The lowest BCUT2D eigenvalue weighted by molar-refractivity contribution is 0.0495. The molecule has 1 N–H and O–H groups in total. The zero-order valence-corrected chi connectivity index (χ0v) is 11.5. The van der Waals surface area contributed by atoms with Crippen LogP contribution in [0.2, 0.25) is 0 Å². The Morgan fingerprint density at radius 1 is 1.61 bits per heavy atom. The molecule has 1 saturated heterocycles. The van der Waals surface area contributed by atoms with E-state index in [1.54, 1.807) is 14.0 Å². The smallest absolute Gasteiger partial charge is 0.246 e. The van der Waals surface area contributed by atoms with Crippen LogP contribution in [0.1, 0.15) is 18.5 Å². The molecule has 1 fully saturated rings. The van der Waals surface area contributed by atoms with Gasteiger partial charge >= 0.3 is 0 Å². The number of aromatic nitrogens is 2. The van der Waals surface area contributed by atoms with Gasteiger partial charge < -0.3 is 4.74 Å². The van der Waals surface area contributed by atoms with Crippen molar-refractivity contribution in [1.82, 2.24) is 14.5 Å². The first-order valence-electron chi connectivity index (χ1n) is 6.06. The van der Waals surface area contributed by atoms with Gasteiger partial charge in [-0.2, -0.15) is 5.10 Å². The summed E-state index contributed by atoms with van der Waals surface area (Å²) >= 11 is 0. The second-order valence-electron chi connectivity index (χ2n) is 4.73. The molecule has 1 aromatic heterocycles. The average Bonchev–Trinajstić information content (AvgIpc) is 2.77. The molecule has 0 bridgehead atoms. The van der Waals surface area contributed by atoms with E-state index in [1.807, 2.05) is 0 Å². The van der Waals surface area contributed by atoms with Crippen LogP contribution in [0.15, 0.2) is 11.1 Å². The molecule has 6 nitrogen and oxygen atoms in total. The summed E-state index contributed by atoms with van der Waals surface area (Å²) in [6.07, 6.45) is 3.38. The minimum Gasteiger partial charge on any atom is -0.381 e. The van der Waals surface area contributed by atoms with Gasteiger partial charge in [-0.3, -0.25) is 5.10 Å². The predicted octanol–water partition coefficient (Wildman–Crippen LogP) is 0.765. The average molecular weight is 273 g/mol. The Kier molecular flexibility index (Phi) is 4.04. The molecule has 1 unspecified atom stereocenters. The molecule has 0 aromatic carbocycles. The fourth-order valence-corrected chi connectivity index (χ4v) is 3.54. The van der Waals surface area contributed by atoms with Gasteiger partial charge in [-0.1, -0.05) is 0 Å². The fourth-order valence-electron chi connectivity index (χ4n) is 2.18. The van der Waals surface area contributed by atoms with Crippen LogP contribution in [-0.4, -0.2) is 49.7 Å². The Labute approximate surface area is 107 Å². The summed E-state index contributed by atoms with van der Waals surface area (Å²) in [6.45, 7) is 3.63. The van der Waals surface area contributed by atoms with Crippen LogP contribution >= 0.6 is 0 Å². The molecular formula is C11H19N3O3S. The lowest BCUT2D eigenvalue weighted by Gasteiger charge is -2.26. The summed E-state index contributed by atoms with van der Waals surface area (Å²) in [5.41, 5.74) is 0.571. The quantitative estimate of drug-likeness (QED) is 0.879. The van der Waals surface area contributed by atoms with Crippen molar-refractivity contribution in [2.24, 2.45) is 5.92 Å². The molecule has 7 heteroatoms. The molecule has 102 valence electrons.